The molecule has 2 atom stereocenters. The zero-order valence-electron chi connectivity index (χ0n) is 12.6. The molecule has 2 rings (SSSR count). The molecule has 1 aliphatic rings. The molecule has 120 valence electrons. The molecule has 1 fully saturated rings. The van der Waals surface area contributed by atoms with Gasteiger partial charge in [-0.1, -0.05) is 6.92 Å². The molecule has 0 aromatic carbocycles. The van der Waals surface area contributed by atoms with E-state index in [0.717, 1.165) is 43.6 Å². The Labute approximate surface area is 131 Å². The number of methoxy groups -OCH3 is 1. The zero-order chi connectivity index (χ0) is 15.3. The Morgan fingerprint density at radius 2 is 2.19 bits per heavy atom. The van der Waals surface area contributed by atoms with Crippen molar-refractivity contribution in [2.75, 3.05) is 20.2 Å². The smallest absolute Gasteiger partial charge is 0.250 e. The summed E-state index contributed by atoms with van der Waals surface area (Å²) in [5.41, 5.74) is 0. The second-order valence-electron chi connectivity index (χ2n) is 5.26. The second-order valence-corrected chi connectivity index (χ2v) is 8.37. The van der Waals surface area contributed by atoms with Gasteiger partial charge < -0.3 is 10.1 Å². The van der Waals surface area contributed by atoms with Crippen LogP contribution >= 0.6 is 11.3 Å². The SMILES string of the molecule is CCNCCc1ccc(S(=O)(=O)NC2CCCC2OC)s1. The molecule has 1 heterocycles. The third-order valence-electron chi connectivity index (χ3n) is 3.76. The van der Waals surface area contributed by atoms with Gasteiger partial charge in [-0.2, -0.15) is 0 Å². The molecule has 21 heavy (non-hydrogen) atoms. The van der Waals surface area contributed by atoms with Crippen LogP contribution in [-0.2, 0) is 21.2 Å². The number of hydrogen-bond donors (Lipinski definition) is 2. The highest BCUT2D eigenvalue weighted by Crippen LogP contribution is 2.26. The van der Waals surface area contributed by atoms with E-state index in [4.69, 9.17) is 4.74 Å². The van der Waals surface area contributed by atoms with Crippen LogP contribution in [0.2, 0.25) is 0 Å². The minimum absolute atomic E-state index is 0.00652. The van der Waals surface area contributed by atoms with Crippen molar-refractivity contribution in [3.63, 3.8) is 0 Å². The fourth-order valence-corrected chi connectivity index (χ4v) is 5.30. The van der Waals surface area contributed by atoms with Gasteiger partial charge in [-0.15, -0.1) is 11.3 Å². The Hall–Kier alpha value is -0.470. The number of sulfonamides is 1. The molecule has 0 amide bonds. The van der Waals surface area contributed by atoms with Crippen LogP contribution < -0.4 is 10.0 Å². The molecule has 1 aromatic heterocycles. The molecule has 0 radical (unpaired) electrons. The molecule has 0 spiro atoms. The van der Waals surface area contributed by atoms with Gasteiger partial charge in [0.25, 0.3) is 0 Å². The van der Waals surface area contributed by atoms with E-state index in [0.29, 0.717) is 4.21 Å². The molecule has 1 aromatic rings. The average Bonchev–Trinajstić information content (AvgIpc) is 3.08. The van der Waals surface area contributed by atoms with Gasteiger partial charge in [0.15, 0.2) is 0 Å². The highest BCUT2D eigenvalue weighted by Gasteiger charge is 2.31. The first-order valence-corrected chi connectivity index (χ1v) is 9.71. The van der Waals surface area contributed by atoms with Crippen LogP contribution in [-0.4, -0.2) is 40.8 Å². The summed E-state index contributed by atoms with van der Waals surface area (Å²) in [7, 11) is -1.79. The number of nitrogens with one attached hydrogen (secondary N) is 2. The maximum absolute atomic E-state index is 12.4. The van der Waals surface area contributed by atoms with Gasteiger partial charge in [0, 0.05) is 18.0 Å². The van der Waals surface area contributed by atoms with Gasteiger partial charge in [0.05, 0.1) is 6.10 Å². The van der Waals surface area contributed by atoms with E-state index >= 15 is 0 Å². The molecule has 5 nitrogen and oxygen atoms in total. The number of rotatable bonds is 8. The third kappa shape index (κ3) is 4.50. The predicted octanol–water partition coefficient (Wildman–Crippen LogP) is 1.75. The van der Waals surface area contributed by atoms with Gasteiger partial charge in [-0.3, -0.25) is 0 Å². The van der Waals surface area contributed by atoms with E-state index in [9.17, 15) is 8.42 Å². The van der Waals surface area contributed by atoms with Crippen LogP contribution in [0.3, 0.4) is 0 Å². The van der Waals surface area contributed by atoms with Crippen LogP contribution in [0.5, 0.6) is 0 Å². The third-order valence-corrected chi connectivity index (χ3v) is 6.89. The lowest BCUT2D eigenvalue weighted by Gasteiger charge is -2.18. The fourth-order valence-electron chi connectivity index (χ4n) is 2.63. The first-order valence-electron chi connectivity index (χ1n) is 7.41. The summed E-state index contributed by atoms with van der Waals surface area (Å²) in [6.07, 6.45) is 3.62. The minimum Gasteiger partial charge on any atom is -0.380 e. The summed E-state index contributed by atoms with van der Waals surface area (Å²) in [5.74, 6) is 0. The average molecular weight is 332 g/mol. The number of ether oxygens (including phenoxy) is 1. The molecular weight excluding hydrogens is 308 g/mol. The first-order chi connectivity index (χ1) is 10.1. The van der Waals surface area contributed by atoms with Crippen molar-refractivity contribution in [3.05, 3.63) is 17.0 Å². The maximum Gasteiger partial charge on any atom is 0.250 e. The lowest BCUT2D eigenvalue weighted by atomic mass is 10.2. The normalized spacial score (nSPS) is 22.8. The Morgan fingerprint density at radius 1 is 1.38 bits per heavy atom. The molecule has 7 heteroatoms. The Balaban J connectivity index is 1.99. The van der Waals surface area contributed by atoms with Crippen LogP contribution in [0.25, 0.3) is 0 Å². The molecule has 0 aliphatic heterocycles. The lowest BCUT2D eigenvalue weighted by Crippen LogP contribution is -2.40. The number of hydrogen-bond acceptors (Lipinski definition) is 5. The number of likely N-dealkylation sites (N-methyl/N-ethyl adjacent to an activating group) is 1. The molecule has 1 saturated carbocycles. The molecule has 0 bridgehead atoms. The van der Waals surface area contributed by atoms with Crippen molar-refractivity contribution < 1.29 is 13.2 Å². The van der Waals surface area contributed by atoms with E-state index in [-0.39, 0.29) is 12.1 Å². The summed E-state index contributed by atoms with van der Waals surface area (Å²) in [4.78, 5) is 1.09. The first kappa shape index (κ1) is 16.9. The quantitative estimate of drug-likeness (QED) is 0.712. The van der Waals surface area contributed by atoms with Crippen LogP contribution in [0.1, 0.15) is 31.1 Å². The van der Waals surface area contributed by atoms with Gasteiger partial charge in [0.1, 0.15) is 4.21 Å². The van der Waals surface area contributed by atoms with Gasteiger partial charge in [-0.25, -0.2) is 13.1 Å². The van der Waals surface area contributed by atoms with Gasteiger partial charge >= 0.3 is 0 Å². The molecule has 1 aliphatic carbocycles. The minimum atomic E-state index is -3.43. The summed E-state index contributed by atoms with van der Waals surface area (Å²) < 4.78 is 33.4. The Kier molecular flexibility index (Phi) is 6.19. The summed E-state index contributed by atoms with van der Waals surface area (Å²) in [6.45, 7) is 3.86. The highest BCUT2D eigenvalue weighted by atomic mass is 32.2. The summed E-state index contributed by atoms with van der Waals surface area (Å²) in [5, 5.41) is 3.24. The zero-order valence-corrected chi connectivity index (χ0v) is 14.2. The van der Waals surface area contributed by atoms with Crippen LogP contribution in [0.4, 0.5) is 0 Å². The summed E-state index contributed by atoms with van der Waals surface area (Å²) in [6, 6.07) is 3.50. The van der Waals surface area contributed by atoms with Gasteiger partial charge in [-0.05, 0) is 50.9 Å². The van der Waals surface area contributed by atoms with Crippen molar-refractivity contribution in [1.82, 2.24) is 10.0 Å². The fraction of sp³-hybridized carbons (Fsp3) is 0.714. The molecule has 0 saturated heterocycles. The second kappa shape index (κ2) is 7.69. The van der Waals surface area contributed by atoms with Crippen molar-refractivity contribution in [1.29, 1.82) is 0 Å². The van der Waals surface area contributed by atoms with Crippen molar-refractivity contribution in [3.8, 4) is 0 Å². The van der Waals surface area contributed by atoms with E-state index in [1.54, 1.807) is 13.2 Å². The van der Waals surface area contributed by atoms with E-state index in [1.165, 1.54) is 11.3 Å². The lowest BCUT2D eigenvalue weighted by molar-refractivity contribution is 0.0916. The van der Waals surface area contributed by atoms with E-state index in [2.05, 4.69) is 17.0 Å². The Morgan fingerprint density at radius 3 is 2.90 bits per heavy atom. The van der Waals surface area contributed by atoms with Crippen LogP contribution in [0, 0.1) is 0 Å². The largest absolute Gasteiger partial charge is 0.380 e. The predicted molar refractivity (Wildman–Crippen MR) is 85.3 cm³/mol. The molecule has 2 N–H and O–H groups in total. The maximum atomic E-state index is 12.4. The van der Waals surface area contributed by atoms with E-state index in [1.807, 2.05) is 6.07 Å². The van der Waals surface area contributed by atoms with Crippen LogP contribution in [0.15, 0.2) is 16.3 Å². The van der Waals surface area contributed by atoms with E-state index < -0.39 is 10.0 Å². The van der Waals surface area contributed by atoms with Gasteiger partial charge in [0.2, 0.25) is 10.0 Å². The number of thiophene rings is 1. The van der Waals surface area contributed by atoms with Crippen molar-refractivity contribution >= 4 is 21.4 Å². The van der Waals surface area contributed by atoms with Crippen molar-refractivity contribution in [2.45, 2.75) is 49.0 Å². The summed E-state index contributed by atoms with van der Waals surface area (Å²) >= 11 is 1.35. The topological polar surface area (TPSA) is 67.4 Å². The molecule has 2 unspecified atom stereocenters. The Bertz CT molecular complexity index is 542. The standard InChI is InChI=1S/C14H24N2O3S2/c1-3-15-10-9-11-7-8-14(20-11)21(17,18)16-12-5-4-6-13(12)19-2/h7-8,12-13,15-16H,3-6,9-10H2,1-2H3. The van der Waals surface area contributed by atoms with Crippen molar-refractivity contribution in [2.24, 2.45) is 0 Å². The monoisotopic (exact) mass is 332 g/mol. The highest BCUT2D eigenvalue weighted by molar-refractivity contribution is 7.91. The molecular formula is C14H24N2O3S2.